The van der Waals surface area contributed by atoms with Gasteiger partial charge in [-0.25, -0.2) is 0 Å². The largest absolute Gasteiger partial charge is 0.490 e. The molecule has 24 heavy (non-hydrogen) atoms. The summed E-state index contributed by atoms with van der Waals surface area (Å²) in [6.07, 6.45) is 2.38. The number of hydrogen-bond donors (Lipinski definition) is 1. The Morgan fingerprint density at radius 2 is 1.79 bits per heavy atom. The quantitative estimate of drug-likeness (QED) is 0.850. The van der Waals surface area contributed by atoms with Crippen molar-refractivity contribution >= 4 is 12.4 Å². The van der Waals surface area contributed by atoms with E-state index in [4.69, 9.17) is 9.47 Å². The van der Waals surface area contributed by atoms with Crippen molar-refractivity contribution in [3.8, 4) is 11.5 Å². The predicted octanol–water partition coefficient (Wildman–Crippen LogP) is 3.26. The lowest BCUT2D eigenvalue weighted by molar-refractivity contribution is 0.163. The second kappa shape index (κ2) is 8.41. The molecule has 0 radical (unpaired) electrons. The first kappa shape index (κ1) is 19.4. The van der Waals surface area contributed by atoms with Gasteiger partial charge in [-0.05, 0) is 61.9 Å². The van der Waals surface area contributed by atoms with Gasteiger partial charge in [0.05, 0.1) is 13.2 Å². The highest BCUT2D eigenvalue weighted by Gasteiger charge is 2.32. The van der Waals surface area contributed by atoms with Crippen LogP contribution < -0.4 is 14.8 Å². The van der Waals surface area contributed by atoms with Gasteiger partial charge in [-0.15, -0.1) is 12.4 Å². The van der Waals surface area contributed by atoms with E-state index in [2.05, 4.69) is 29.3 Å². The van der Waals surface area contributed by atoms with Crippen molar-refractivity contribution in [2.24, 2.45) is 5.41 Å². The monoisotopic (exact) mass is 354 g/mol. The Bertz CT molecular complexity index is 544. The van der Waals surface area contributed by atoms with Crippen LogP contribution in [0.4, 0.5) is 0 Å². The van der Waals surface area contributed by atoms with Gasteiger partial charge >= 0.3 is 0 Å². The van der Waals surface area contributed by atoms with E-state index in [0.717, 1.165) is 44.1 Å². The average Bonchev–Trinajstić information content (AvgIpc) is 2.95. The lowest BCUT2D eigenvalue weighted by Crippen LogP contribution is -2.40. The van der Waals surface area contributed by atoms with E-state index >= 15 is 0 Å². The topological polar surface area (TPSA) is 33.7 Å². The molecule has 0 saturated carbocycles. The minimum absolute atomic E-state index is 0. The fourth-order valence-corrected chi connectivity index (χ4v) is 3.84. The number of nitrogens with one attached hydrogen (secondary N) is 1. The predicted molar refractivity (Wildman–Crippen MR) is 101 cm³/mol. The van der Waals surface area contributed by atoms with Gasteiger partial charge in [0.15, 0.2) is 11.5 Å². The molecular formula is C19H31ClN2O2. The first-order valence-corrected chi connectivity index (χ1v) is 8.98. The number of benzene rings is 1. The summed E-state index contributed by atoms with van der Waals surface area (Å²) in [4.78, 5) is 2.60. The molecule has 2 aliphatic rings. The molecule has 0 bridgehead atoms. The maximum atomic E-state index is 5.79. The summed E-state index contributed by atoms with van der Waals surface area (Å²) in [5, 5.41) is 3.51. The van der Waals surface area contributed by atoms with Crippen molar-refractivity contribution in [2.45, 2.75) is 40.2 Å². The van der Waals surface area contributed by atoms with Crippen molar-refractivity contribution < 1.29 is 9.47 Å². The summed E-state index contributed by atoms with van der Waals surface area (Å²) < 4.78 is 11.5. The third-order valence-corrected chi connectivity index (χ3v) is 5.02. The van der Waals surface area contributed by atoms with E-state index in [0.29, 0.717) is 18.6 Å². The van der Waals surface area contributed by atoms with Crippen LogP contribution in [-0.4, -0.2) is 44.3 Å². The Balaban J connectivity index is 0.00000208. The summed E-state index contributed by atoms with van der Waals surface area (Å²) in [6, 6.07) is 4.39. The van der Waals surface area contributed by atoms with Gasteiger partial charge in [-0.3, -0.25) is 4.90 Å². The first-order chi connectivity index (χ1) is 11.1. The zero-order chi connectivity index (χ0) is 16.3. The van der Waals surface area contributed by atoms with Crippen LogP contribution in [0.25, 0.3) is 0 Å². The smallest absolute Gasteiger partial charge is 0.161 e. The summed E-state index contributed by atoms with van der Waals surface area (Å²) in [7, 11) is 0. The van der Waals surface area contributed by atoms with Gasteiger partial charge in [-0.2, -0.15) is 0 Å². The van der Waals surface area contributed by atoms with Crippen molar-refractivity contribution in [3.63, 3.8) is 0 Å². The van der Waals surface area contributed by atoms with E-state index < -0.39 is 0 Å². The van der Waals surface area contributed by atoms with Crippen molar-refractivity contribution in [1.82, 2.24) is 10.2 Å². The SMILES string of the molecule is CCOc1cc2c(cc1OCC)CN(CC1(C)CCNC1)CC2.Cl. The number of ether oxygens (including phenoxy) is 2. The van der Waals surface area contributed by atoms with Crippen molar-refractivity contribution in [1.29, 1.82) is 0 Å². The fourth-order valence-electron chi connectivity index (χ4n) is 3.84. The average molecular weight is 355 g/mol. The Labute approximate surface area is 152 Å². The maximum Gasteiger partial charge on any atom is 0.161 e. The van der Waals surface area contributed by atoms with Crippen LogP contribution in [0.15, 0.2) is 12.1 Å². The first-order valence-electron chi connectivity index (χ1n) is 8.98. The van der Waals surface area contributed by atoms with E-state index in [1.165, 1.54) is 24.1 Å². The second-order valence-electron chi connectivity index (χ2n) is 7.13. The molecule has 4 nitrogen and oxygen atoms in total. The van der Waals surface area contributed by atoms with E-state index in [1.807, 2.05) is 13.8 Å². The minimum atomic E-state index is 0. The molecule has 1 unspecified atom stereocenters. The molecule has 5 heteroatoms. The highest BCUT2D eigenvalue weighted by molar-refractivity contribution is 5.85. The molecule has 0 amide bonds. The van der Waals surface area contributed by atoms with E-state index in [9.17, 15) is 0 Å². The standard InChI is InChI=1S/C19H30N2O2.ClH/c1-4-22-17-10-15-6-9-21(14-19(3)7-8-20-13-19)12-16(15)11-18(17)23-5-2;/h10-11,20H,4-9,12-14H2,1-3H3;1H. The van der Waals surface area contributed by atoms with Crippen LogP contribution in [0.2, 0.25) is 0 Å². The van der Waals surface area contributed by atoms with Crippen LogP contribution in [-0.2, 0) is 13.0 Å². The van der Waals surface area contributed by atoms with Gasteiger partial charge in [-0.1, -0.05) is 6.92 Å². The molecule has 0 aromatic heterocycles. The Morgan fingerprint density at radius 1 is 1.12 bits per heavy atom. The normalized spacial score (nSPS) is 23.5. The molecule has 0 spiro atoms. The van der Waals surface area contributed by atoms with E-state index in [-0.39, 0.29) is 12.4 Å². The zero-order valence-electron chi connectivity index (χ0n) is 15.2. The van der Waals surface area contributed by atoms with Gasteiger partial charge in [0.25, 0.3) is 0 Å². The number of halogens is 1. The van der Waals surface area contributed by atoms with Crippen LogP contribution in [0, 0.1) is 5.41 Å². The lowest BCUT2D eigenvalue weighted by Gasteiger charge is -2.35. The Kier molecular flexibility index (Phi) is 6.79. The summed E-state index contributed by atoms with van der Waals surface area (Å²) in [5.74, 6) is 1.79. The maximum absolute atomic E-state index is 5.79. The Morgan fingerprint density at radius 3 is 2.38 bits per heavy atom. The molecule has 3 rings (SSSR count). The van der Waals surface area contributed by atoms with Crippen LogP contribution in [0.5, 0.6) is 11.5 Å². The molecule has 2 aliphatic heterocycles. The summed E-state index contributed by atoms with van der Waals surface area (Å²) >= 11 is 0. The number of nitrogens with zero attached hydrogens (tertiary/aromatic N) is 1. The molecule has 1 fully saturated rings. The second-order valence-corrected chi connectivity index (χ2v) is 7.13. The molecule has 1 N–H and O–H groups in total. The van der Waals surface area contributed by atoms with Crippen LogP contribution >= 0.6 is 12.4 Å². The van der Waals surface area contributed by atoms with Gasteiger partial charge in [0, 0.05) is 26.2 Å². The highest BCUT2D eigenvalue weighted by Crippen LogP contribution is 2.35. The third kappa shape index (κ3) is 4.35. The third-order valence-electron chi connectivity index (χ3n) is 5.02. The van der Waals surface area contributed by atoms with Crippen LogP contribution in [0.1, 0.15) is 38.3 Å². The highest BCUT2D eigenvalue weighted by atomic mass is 35.5. The lowest BCUT2D eigenvalue weighted by atomic mass is 9.88. The minimum Gasteiger partial charge on any atom is -0.490 e. The number of fused-ring (bicyclic) bond motifs is 1. The van der Waals surface area contributed by atoms with E-state index in [1.54, 1.807) is 0 Å². The molecule has 1 aromatic carbocycles. The van der Waals surface area contributed by atoms with Crippen molar-refractivity contribution in [2.75, 3.05) is 39.4 Å². The van der Waals surface area contributed by atoms with Crippen LogP contribution in [0.3, 0.4) is 0 Å². The molecule has 0 aliphatic carbocycles. The molecular weight excluding hydrogens is 324 g/mol. The Hall–Kier alpha value is -0.970. The number of hydrogen-bond acceptors (Lipinski definition) is 4. The fraction of sp³-hybridized carbons (Fsp3) is 0.684. The molecule has 1 atom stereocenters. The van der Waals surface area contributed by atoms with Gasteiger partial charge in [0.1, 0.15) is 0 Å². The zero-order valence-corrected chi connectivity index (χ0v) is 16.0. The van der Waals surface area contributed by atoms with Gasteiger partial charge in [0.2, 0.25) is 0 Å². The molecule has 1 saturated heterocycles. The molecule has 1 aromatic rings. The molecule has 2 heterocycles. The summed E-state index contributed by atoms with van der Waals surface area (Å²) in [5.41, 5.74) is 3.24. The summed E-state index contributed by atoms with van der Waals surface area (Å²) in [6.45, 7) is 13.4. The van der Waals surface area contributed by atoms with Crippen molar-refractivity contribution in [3.05, 3.63) is 23.3 Å². The van der Waals surface area contributed by atoms with Gasteiger partial charge < -0.3 is 14.8 Å². The molecule has 136 valence electrons. The number of rotatable bonds is 6.